The van der Waals surface area contributed by atoms with Gasteiger partial charge < -0.3 is 10.1 Å². The number of sulfonamides is 1. The van der Waals surface area contributed by atoms with Crippen LogP contribution in [0.2, 0.25) is 0 Å². The Labute approximate surface area is 157 Å². The largest absolute Gasteiger partial charge is 0.465 e. The van der Waals surface area contributed by atoms with Gasteiger partial charge in [-0.2, -0.15) is 4.31 Å². The molecule has 0 spiro atoms. The number of esters is 1. The summed E-state index contributed by atoms with van der Waals surface area (Å²) in [6, 6.07) is 7.50. The van der Waals surface area contributed by atoms with Crippen molar-refractivity contribution in [2.45, 2.75) is 23.8 Å². The molecule has 6 nitrogen and oxygen atoms in total. The zero-order valence-corrected chi connectivity index (χ0v) is 16.5. The van der Waals surface area contributed by atoms with E-state index in [1.165, 1.54) is 11.4 Å². The molecule has 0 atom stereocenters. The Morgan fingerprint density at radius 1 is 1.28 bits per heavy atom. The van der Waals surface area contributed by atoms with E-state index < -0.39 is 16.0 Å². The van der Waals surface area contributed by atoms with Gasteiger partial charge in [0.1, 0.15) is 9.77 Å². The molecule has 1 aliphatic rings. The van der Waals surface area contributed by atoms with Crippen LogP contribution in [-0.4, -0.2) is 52.0 Å². The summed E-state index contributed by atoms with van der Waals surface area (Å²) in [5.74, 6) is -0.611. The molecular weight excluding hydrogens is 384 g/mol. The van der Waals surface area contributed by atoms with Crippen molar-refractivity contribution in [2.75, 3.05) is 27.2 Å². The van der Waals surface area contributed by atoms with Gasteiger partial charge >= 0.3 is 5.97 Å². The van der Waals surface area contributed by atoms with E-state index in [1.807, 2.05) is 19.2 Å². The number of piperidine rings is 1. The first-order valence-electron chi connectivity index (χ1n) is 7.76. The summed E-state index contributed by atoms with van der Waals surface area (Å²) in [4.78, 5) is 12.4. The van der Waals surface area contributed by atoms with Crippen LogP contribution in [0.5, 0.6) is 0 Å². The van der Waals surface area contributed by atoms with Gasteiger partial charge in [0.05, 0.1) is 7.11 Å². The van der Waals surface area contributed by atoms with Crippen LogP contribution in [0.25, 0.3) is 10.1 Å². The third-order valence-electron chi connectivity index (χ3n) is 4.38. The van der Waals surface area contributed by atoms with Crippen molar-refractivity contribution in [1.29, 1.82) is 0 Å². The van der Waals surface area contributed by atoms with Crippen molar-refractivity contribution >= 4 is 49.8 Å². The zero-order chi connectivity index (χ0) is 17.3. The van der Waals surface area contributed by atoms with Gasteiger partial charge in [-0.05, 0) is 26.0 Å². The minimum atomic E-state index is -3.75. The maximum atomic E-state index is 13.2. The summed E-state index contributed by atoms with van der Waals surface area (Å²) in [5.41, 5.74) is 0. The molecule has 0 bridgehead atoms. The van der Waals surface area contributed by atoms with E-state index in [1.54, 1.807) is 12.1 Å². The number of halogens is 1. The fraction of sp³-hybridized carbons (Fsp3) is 0.438. The molecule has 1 N–H and O–H groups in total. The zero-order valence-electron chi connectivity index (χ0n) is 14.0. The summed E-state index contributed by atoms with van der Waals surface area (Å²) in [5, 5.41) is 3.77. The summed E-state index contributed by atoms with van der Waals surface area (Å²) < 4.78 is 33.4. The van der Waals surface area contributed by atoms with Crippen molar-refractivity contribution in [3.05, 3.63) is 29.1 Å². The summed E-state index contributed by atoms with van der Waals surface area (Å²) in [6.07, 6.45) is 1.51. The molecule has 0 aliphatic carbocycles. The van der Waals surface area contributed by atoms with Crippen LogP contribution < -0.4 is 5.32 Å². The molecule has 138 valence electrons. The highest BCUT2D eigenvalue weighted by molar-refractivity contribution is 7.89. The van der Waals surface area contributed by atoms with Gasteiger partial charge in [-0.15, -0.1) is 23.7 Å². The predicted molar refractivity (Wildman–Crippen MR) is 101 cm³/mol. The van der Waals surface area contributed by atoms with Crippen LogP contribution >= 0.6 is 23.7 Å². The van der Waals surface area contributed by atoms with E-state index in [0.717, 1.165) is 28.9 Å². The number of thiophene rings is 1. The Balaban J connectivity index is 0.00000225. The van der Waals surface area contributed by atoms with E-state index in [0.29, 0.717) is 24.5 Å². The SMILES string of the molecule is CNC1CCN(S(=O)(=O)c2c(C(=O)OC)sc3ccccc23)CC1.Cl. The van der Waals surface area contributed by atoms with Gasteiger partial charge in [-0.3, -0.25) is 0 Å². The minimum Gasteiger partial charge on any atom is -0.465 e. The highest BCUT2D eigenvalue weighted by Gasteiger charge is 2.35. The lowest BCUT2D eigenvalue weighted by atomic mass is 10.1. The molecule has 9 heteroatoms. The molecule has 25 heavy (non-hydrogen) atoms. The number of ether oxygens (including phenoxy) is 1. The summed E-state index contributed by atoms with van der Waals surface area (Å²) in [7, 11) is -0.597. The first kappa shape index (κ1) is 20.1. The average Bonchev–Trinajstić information content (AvgIpc) is 3.01. The molecule has 1 aromatic carbocycles. The molecule has 0 unspecified atom stereocenters. The maximum absolute atomic E-state index is 13.2. The van der Waals surface area contributed by atoms with Crippen molar-refractivity contribution in [1.82, 2.24) is 9.62 Å². The standard InChI is InChI=1S/C16H20N2O4S2.ClH/c1-17-11-7-9-18(10-8-11)24(20,21)15-12-5-3-4-6-13(12)23-14(15)16(19)22-2;/h3-6,11,17H,7-10H2,1-2H3;1H. The summed E-state index contributed by atoms with van der Waals surface area (Å²) in [6.45, 7) is 0.886. The number of fused-ring (bicyclic) bond motifs is 1. The van der Waals surface area contributed by atoms with Crippen LogP contribution in [0, 0.1) is 0 Å². The molecule has 0 amide bonds. The molecular formula is C16H21ClN2O4S2. The predicted octanol–water partition coefficient (Wildman–Crippen LogP) is 2.48. The van der Waals surface area contributed by atoms with E-state index in [9.17, 15) is 13.2 Å². The van der Waals surface area contributed by atoms with Gasteiger partial charge in [0.2, 0.25) is 10.0 Å². The first-order valence-corrected chi connectivity index (χ1v) is 10.0. The Morgan fingerprint density at radius 3 is 2.52 bits per heavy atom. The topological polar surface area (TPSA) is 75.7 Å². The number of benzene rings is 1. The minimum absolute atomic E-state index is 0. The van der Waals surface area contributed by atoms with Crippen LogP contribution in [0.3, 0.4) is 0 Å². The number of methoxy groups -OCH3 is 1. The van der Waals surface area contributed by atoms with Crippen LogP contribution in [0.1, 0.15) is 22.5 Å². The van der Waals surface area contributed by atoms with Gasteiger partial charge in [0.15, 0.2) is 0 Å². The lowest BCUT2D eigenvalue weighted by Crippen LogP contribution is -2.44. The molecule has 1 saturated heterocycles. The maximum Gasteiger partial charge on any atom is 0.349 e. The van der Waals surface area contributed by atoms with Crippen LogP contribution in [0.15, 0.2) is 29.2 Å². The quantitative estimate of drug-likeness (QED) is 0.792. The molecule has 2 aromatic rings. The van der Waals surface area contributed by atoms with E-state index in [2.05, 4.69) is 5.32 Å². The van der Waals surface area contributed by atoms with Gasteiger partial charge in [0, 0.05) is 29.2 Å². The monoisotopic (exact) mass is 404 g/mol. The second-order valence-electron chi connectivity index (χ2n) is 5.72. The second kappa shape index (κ2) is 8.01. The molecule has 1 fully saturated rings. The van der Waals surface area contributed by atoms with E-state index in [4.69, 9.17) is 4.74 Å². The third-order valence-corrected chi connectivity index (χ3v) is 7.65. The highest BCUT2D eigenvalue weighted by atomic mass is 35.5. The molecule has 3 rings (SSSR count). The van der Waals surface area contributed by atoms with Gasteiger partial charge in [-0.25, -0.2) is 13.2 Å². The third kappa shape index (κ3) is 3.68. The van der Waals surface area contributed by atoms with Crippen LogP contribution in [0.4, 0.5) is 0 Å². The van der Waals surface area contributed by atoms with Crippen molar-refractivity contribution in [2.24, 2.45) is 0 Å². The number of nitrogens with zero attached hydrogens (tertiary/aromatic N) is 1. The normalized spacial score (nSPS) is 16.6. The second-order valence-corrected chi connectivity index (χ2v) is 8.64. The molecule has 2 heterocycles. The number of hydrogen-bond donors (Lipinski definition) is 1. The van der Waals surface area contributed by atoms with Crippen molar-refractivity contribution in [3.8, 4) is 0 Å². The number of carbonyl (C=O) groups excluding carboxylic acids is 1. The van der Waals surface area contributed by atoms with E-state index in [-0.39, 0.29) is 22.2 Å². The molecule has 1 aromatic heterocycles. The van der Waals surface area contributed by atoms with Crippen molar-refractivity contribution < 1.29 is 17.9 Å². The first-order chi connectivity index (χ1) is 11.5. The Bertz CT molecular complexity index is 858. The number of carbonyl (C=O) groups is 1. The number of nitrogens with one attached hydrogen (secondary N) is 1. The highest BCUT2D eigenvalue weighted by Crippen LogP contribution is 2.37. The van der Waals surface area contributed by atoms with Crippen molar-refractivity contribution in [3.63, 3.8) is 0 Å². The summed E-state index contributed by atoms with van der Waals surface area (Å²) >= 11 is 1.16. The average molecular weight is 405 g/mol. The van der Waals surface area contributed by atoms with E-state index >= 15 is 0 Å². The fourth-order valence-electron chi connectivity index (χ4n) is 3.02. The molecule has 0 saturated carbocycles. The lowest BCUT2D eigenvalue weighted by molar-refractivity contribution is 0.0602. The fourth-order valence-corrected chi connectivity index (χ4v) is 6.26. The lowest BCUT2D eigenvalue weighted by Gasteiger charge is -2.31. The van der Waals surface area contributed by atoms with Crippen LogP contribution in [-0.2, 0) is 14.8 Å². The number of rotatable bonds is 4. The Morgan fingerprint density at radius 2 is 1.92 bits per heavy atom. The number of hydrogen-bond acceptors (Lipinski definition) is 6. The molecule has 1 aliphatic heterocycles. The Kier molecular flexibility index (Phi) is 6.45. The molecule has 0 radical (unpaired) electrons. The Hall–Kier alpha value is -1.19. The van der Waals surface area contributed by atoms with Gasteiger partial charge in [-0.1, -0.05) is 18.2 Å². The van der Waals surface area contributed by atoms with Gasteiger partial charge in [0.25, 0.3) is 0 Å². The smallest absolute Gasteiger partial charge is 0.349 e.